The van der Waals surface area contributed by atoms with Gasteiger partial charge < -0.3 is 16.4 Å². The zero-order valence-corrected chi connectivity index (χ0v) is 12.7. The van der Waals surface area contributed by atoms with E-state index in [0.717, 1.165) is 5.56 Å². The quantitative estimate of drug-likeness (QED) is 0.776. The molecule has 0 radical (unpaired) electrons. The number of nitrogens with two attached hydrogens (primary N) is 1. The van der Waals surface area contributed by atoms with Gasteiger partial charge in [0.15, 0.2) is 0 Å². The summed E-state index contributed by atoms with van der Waals surface area (Å²) in [5, 5.41) is 6.01. The van der Waals surface area contributed by atoms with Gasteiger partial charge in [-0.3, -0.25) is 4.79 Å². The van der Waals surface area contributed by atoms with Crippen LogP contribution in [-0.4, -0.2) is 24.0 Å². The van der Waals surface area contributed by atoms with Crippen molar-refractivity contribution >= 4 is 11.7 Å². The van der Waals surface area contributed by atoms with Gasteiger partial charge in [-0.1, -0.05) is 24.3 Å². The van der Waals surface area contributed by atoms with Crippen LogP contribution in [0.25, 0.3) is 0 Å². The second kappa shape index (κ2) is 6.34. The molecule has 0 spiro atoms. The third-order valence-electron chi connectivity index (χ3n) is 4.26. The number of pyridine rings is 1. The van der Waals surface area contributed by atoms with Crippen LogP contribution in [-0.2, 0) is 17.8 Å². The lowest BCUT2D eigenvalue weighted by atomic mass is 9.75. The first-order chi connectivity index (χ1) is 11.1. The Kier molecular flexibility index (Phi) is 4.25. The molecular formula is C17H19FN4O. The fourth-order valence-corrected chi connectivity index (χ4v) is 2.76. The molecular weight excluding hydrogens is 295 g/mol. The van der Waals surface area contributed by atoms with E-state index in [0.29, 0.717) is 37.4 Å². The van der Waals surface area contributed by atoms with E-state index in [2.05, 4.69) is 15.6 Å². The highest BCUT2D eigenvalue weighted by Crippen LogP contribution is 2.29. The van der Waals surface area contributed by atoms with Gasteiger partial charge >= 0.3 is 0 Å². The highest BCUT2D eigenvalue weighted by Gasteiger charge is 2.44. The van der Waals surface area contributed by atoms with Crippen LogP contribution in [0.4, 0.5) is 10.2 Å². The van der Waals surface area contributed by atoms with Gasteiger partial charge in [-0.15, -0.1) is 0 Å². The first-order valence-electron chi connectivity index (χ1n) is 7.52. The standard InChI is InChI=1S/C17H19FN4O/c18-14-6-2-1-4-12(14)8-17(10-20-11-17)16(23)22-9-13-5-3-7-21-15(13)19/h1-7,20H,8-11H2,(H2,19,21)(H,22,23). The number of nitrogen functional groups attached to an aromatic ring is 1. The Morgan fingerprint density at radius 2 is 2.00 bits per heavy atom. The van der Waals surface area contributed by atoms with E-state index in [1.54, 1.807) is 30.5 Å². The first-order valence-corrected chi connectivity index (χ1v) is 7.52. The summed E-state index contributed by atoms with van der Waals surface area (Å²) < 4.78 is 13.9. The van der Waals surface area contributed by atoms with Gasteiger partial charge in [0.25, 0.3) is 0 Å². The SMILES string of the molecule is Nc1ncccc1CNC(=O)C1(Cc2ccccc2F)CNC1. The number of rotatable bonds is 5. The van der Waals surface area contributed by atoms with Crippen molar-refractivity contribution in [3.05, 3.63) is 59.5 Å². The van der Waals surface area contributed by atoms with Crippen LogP contribution in [0.2, 0.25) is 0 Å². The molecule has 1 aromatic heterocycles. The smallest absolute Gasteiger partial charge is 0.229 e. The summed E-state index contributed by atoms with van der Waals surface area (Å²) >= 11 is 0. The molecule has 23 heavy (non-hydrogen) atoms. The average molecular weight is 314 g/mol. The molecule has 5 nitrogen and oxygen atoms in total. The Labute approximate surface area is 134 Å². The van der Waals surface area contributed by atoms with E-state index in [-0.39, 0.29) is 11.7 Å². The van der Waals surface area contributed by atoms with E-state index < -0.39 is 5.41 Å². The van der Waals surface area contributed by atoms with Crippen LogP contribution in [0.1, 0.15) is 11.1 Å². The molecule has 1 fully saturated rings. The Morgan fingerprint density at radius 3 is 2.65 bits per heavy atom. The van der Waals surface area contributed by atoms with Crippen LogP contribution in [0.5, 0.6) is 0 Å². The lowest BCUT2D eigenvalue weighted by molar-refractivity contribution is -0.134. The van der Waals surface area contributed by atoms with Gasteiger partial charge in [0.2, 0.25) is 5.91 Å². The van der Waals surface area contributed by atoms with Crippen LogP contribution >= 0.6 is 0 Å². The van der Waals surface area contributed by atoms with Gasteiger partial charge in [0.1, 0.15) is 11.6 Å². The molecule has 0 saturated carbocycles. The highest BCUT2D eigenvalue weighted by atomic mass is 19.1. The van der Waals surface area contributed by atoms with Crippen LogP contribution < -0.4 is 16.4 Å². The summed E-state index contributed by atoms with van der Waals surface area (Å²) in [6.45, 7) is 1.39. The number of hydrogen-bond donors (Lipinski definition) is 3. The first kappa shape index (κ1) is 15.4. The number of aromatic nitrogens is 1. The Hall–Kier alpha value is -2.47. The van der Waals surface area contributed by atoms with Crippen molar-refractivity contribution in [2.75, 3.05) is 18.8 Å². The van der Waals surface area contributed by atoms with Crippen LogP contribution in [0, 0.1) is 11.2 Å². The monoisotopic (exact) mass is 314 g/mol. The van der Waals surface area contributed by atoms with Gasteiger partial charge in [-0.25, -0.2) is 9.37 Å². The third kappa shape index (κ3) is 3.17. The largest absolute Gasteiger partial charge is 0.383 e. The molecule has 1 aliphatic rings. The molecule has 1 amide bonds. The van der Waals surface area contributed by atoms with Crippen LogP contribution in [0.15, 0.2) is 42.6 Å². The minimum absolute atomic E-state index is 0.0947. The van der Waals surface area contributed by atoms with Crippen molar-refractivity contribution in [1.82, 2.24) is 15.6 Å². The average Bonchev–Trinajstić information content (AvgIpc) is 2.51. The molecule has 1 aliphatic heterocycles. The summed E-state index contributed by atoms with van der Waals surface area (Å²) in [6, 6.07) is 10.2. The fraction of sp³-hybridized carbons (Fsp3) is 0.294. The molecule has 2 heterocycles. The fourth-order valence-electron chi connectivity index (χ4n) is 2.76. The highest BCUT2D eigenvalue weighted by molar-refractivity contribution is 5.84. The molecule has 4 N–H and O–H groups in total. The molecule has 0 bridgehead atoms. The topological polar surface area (TPSA) is 80.0 Å². The summed E-state index contributed by atoms with van der Waals surface area (Å²) in [5.74, 6) is 0.0357. The van der Waals surface area contributed by atoms with Crippen molar-refractivity contribution in [3.63, 3.8) is 0 Å². The maximum atomic E-state index is 13.9. The van der Waals surface area contributed by atoms with Crippen molar-refractivity contribution in [1.29, 1.82) is 0 Å². The zero-order valence-electron chi connectivity index (χ0n) is 12.7. The lowest BCUT2D eigenvalue weighted by Gasteiger charge is -2.41. The number of carbonyl (C=O) groups excluding carboxylic acids is 1. The van der Waals surface area contributed by atoms with E-state index in [1.165, 1.54) is 6.07 Å². The van der Waals surface area contributed by atoms with E-state index in [9.17, 15) is 9.18 Å². The number of halogens is 1. The second-order valence-electron chi connectivity index (χ2n) is 5.88. The van der Waals surface area contributed by atoms with Gasteiger partial charge in [0, 0.05) is 31.4 Å². The third-order valence-corrected chi connectivity index (χ3v) is 4.26. The molecule has 3 rings (SSSR count). The van der Waals surface area contributed by atoms with E-state index in [1.807, 2.05) is 6.07 Å². The number of nitrogens with one attached hydrogen (secondary N) is 2. The summed E-state index contributed by atoms with van der Waals surface area (Å²) in [7, 11) is 0. The Morgan fingerprint density at radius 1 is 1.26 bits per heavy atom. The van der Waals surface area contributed by atoms with Crippen LogP contribution in [0.3, 0.4) is 0 Å². The van der Waals surface area contributed by atoms with Crippen molar-refractivity contribution in [2.45, 2.75) is 13.0 Å². The maximum absolute atomic E-state index is 13.9. The number of carbonyl (C=O) groups is 1. The molecule has 0 atom stereocenters. The van der Waals surface area contributed by atoms with Gasteiger partial charge in [-0.05, 0) is 24.1 Å². The minimum atomic E-state index is -0.612. The van der Waals surface area contributed by atoms with Crippen molar-refractivity contribution in [2.24, 2.45) is 5.41 Å². The van der Waals surface area contributed by atoms with Crippen molar-refractivity contribution in [3.8, 4) is 0 Å². The van der Waals surface area contributed by atoms with E-state index in [4.69, 9.17) is 5.73 Å². The molecule has 120 valence electrons. The normalized spacial score (nSPS) is 15.7. The van der Waals surface area contributed by atoms with Crippen molar-refractivity contribution < 1.29 is 9.18 Å². The lowest BCUT2D eigenvalue weighted by Crippen LogP contribution is -2.62. The molecule has 2 aromatic rings. The maximum Gasteiger partial charge on any atom is 0.229 e. The predicted molar refractivity (Wildman–Crippen MR) is 85.9 cm³/mol. The second-order valence-corrected chi connectivity index (χ2v) is 5.88. The Bertz CT molecular complexity index is 715. The molecule has 0 aliphatic carbocycles. The summed E-state index contributed by atoms with van der Waals surface area (Å²) in [4.78, 5) is 16.6. The van der Waals surface area contributed by atoms with E-state index >= 15 is 0 Å². The zero-order chi connectivity index (χ0) is 16.3. The van der Waals surface area contributed by atoms with Gasteiger partial charge in [-0.2, -0.15) is 0 Å². The molecule has 1 aromatic carbocycles. The summed E-state index contributed by atoms with van der Waals surface area (Å²) in [6.07, 6.45) is 1.98. The Balaban J connectivity index is 1.69. The minimum Gasteiger partial charge on any atom is -0.383 e. The summed E-state index contributed by atoms with van der Waals surface area (Å²) in [5.41, 5.74) is 6.50. The number of anilines is 1. The molecule has 1 saturated heterocycles. The molecule has 0 unspecified atom stereocenters. The number of benzene rings is 1. The number of hydrogen-bond acceptors (Lipinski definition) is 4. The number of nitrogens with zero attached hydrogens (tertiary/aromatic N) is 1. The number of amides is 1. The van der Waals surface area contributed by atoms with Gasteiger partial charge in [0.05, 0.1) is 5.41 Å². The predicted octanol–water partition coefficient (Wildman–Crippen LogP) is 1.25. The molecule has 6 heteroatoms.